The number of carboxylic acid groups (broad SMARTS) is 1. The Labute approximate surface area is 118 Å². The third-order valence-electron chi connectivity index (χ3n) is 3.76. The van der Waals surface area contributed by atoms with Crippen molar-refractivity contribution in [1.29, 1.82) is 0 Å². The van der Waals surface area contributed by atoms with E-state index >= 15 is 0 Å². The number of aromatic nitrogens is 2. The fourth-order valence-electron chi connectivity index (χ4n) is 1.96. The number of aliphatic carboxylic acids is 1. The Balaban J connectivity index is 2.52. The number of aromatic amines is 1. The highest BCUT2D eigenvalue weighted by Gasteiger charge is 2.35. The van der Waals surface area contributed by atoms with Crippen LogP contribution in [-0.2, 0) is 4.79 Å². The second-order valence-electron chi connectivity index (χ2n) is 4.87. The number of H-pyrrole nitrogens is 1. The van der Waals surface area contributed by atoms with Crippen LogP contribution in [0.5, 0.6) is 0 Å². The molecule has 0 saturated carbocycles. The van der Waals surface area contributed by atoms with Crippen LogP contribution in [0.25, 0.3) is 0 Å². The molecule has 0 radical (unpaired) electrons. The van der Waals surface area contributed by atoms with E-state index in [1.165, 1.54) is 0 Å². The Bertz CT molecular complexity index is 440. The largest absolute Gasteiger partial charge is 0.481 e. The van der Waals surface area contributed by atoms with Gasteiger partial charge in [-0.05, 0) is 19.8 Å². The first-order valence-electron chi connectivity index (χ1n) is 6.71. The van der Waals surface area contributed by atoms with Gasteiger partial charge in [-0.15, -0.1) is 0 Å². The molecular weight excluding hydrogens is 260 g/mol. The summed E-state index contributed by atoms with van der Waals surface area (Å²) in [5.74, 6) is -0.884. The Morgan fingerprint density at radius 3 is 2.55 bits per heavy atom. The lowest BCUT2D eigenvalue weighted by Crippen LogP contribution is -2.46. The molecule has 0 aliphatic carbocycles. The van der Waals surface area contributed by atoms with Crippen molar-refractivity contribution in [2.45, 2.75) is 39.7 Å². The third-order valence-corrected chi connectivity index (χ3v) is 3.76. The number of carbonyl (C=O) groups is 2. The van der Waals surface area contributed by atoms with Crippen molar-refractivity contribution in [3.8, 4) is 0 Å². The summed E-state index contributed by atoms with van der Waals surface area (Å²) >= 11 is 0. The van der Waals surface area contributed by atoms with Crippen LogP contribution < -0.4 is 10.6 Å². The van der Waals surface area contributed by atoms with Gasteiger partial charge < -0.3 is 15.7 Å². The monoisotopic (exact) mass is 282 g/mol. The van der Waals surface area contributed by atoms with Crippen molar-refractivity contribution < 1.29 is 14.7 Å². The van der Waals surface area contributed by atoms with Gasteiger partial charge in [0.15, 0.2) is 0 Å². The summed E-state index contributed by atoms with van der Waals surface area (Å²) in [6.45, 7) is 5.56. The molecule has 2 amide bonds. The van der Waals surface area contributed by atoms with Crippen molar-refractivity contribution in [2.24, 2.45) is 5.41 Å². The van der Waals surface area contributed by atoms with E-state index < -0.39 is 11.4 Å². The van der Waals surface area contributed by atoms with Gasteiger partial charge in [-0.25, -0.2) is 4.79 Å². The fraction of sp³-hybridized carbons (Fsp3) is 0.615. The van der Waals surface area contributed by atoms with Gasteiger partial charge in [0.05, 0.1) is 17.7 Å². The Hall–Kier alpha value is -2.05. The van der Waals surface area contributed by atoms with Crippen LogP contribution in [0.1, 0.15) is 45.2 Å². The highest BCUT2D eigenvalue weighted by Crippen LogP contribution is 2.25. The van der Waals surface area contributed by atoms with Gasteiger partial charge in [0, 0.05) is 18.3 Å². The van der Waals surface area contributed by atoms with Crippen LogP contribution in [0, 0.1) is 5.41 Å². The van der Waals surface area contributed by atoms with Crippen molar-refractivity contribution in [3.63, 3.8) is 0 Å². The van der Waals surface area contributed by atoms with E-state index in [1.54, 1.807) is 12.4 Å². The smallest absolute Gasteiger partial charge is 0.315 e. The molecule has 1 rings (SSSR count). The molecule has 0 aliphatic heterocycles. The van der Waals surface area contributed by atoms with E-state index in [0.717, 1.165) is 5.56 Å². The molecule has 1 aromatic heterocycles. The standard InChI is InChI=1S/C13H22N4O3/c1-4-13(5-2,11(18)19)8-14-12(20)17-9(3)10-6-15-16-7-10/h6-7,9H,4-5,8H2,1-3H3,(H,15,16)(H,18,19)(H2,14,17,20). The second-order valence-corrected chi connectivity index (χ2v) is 4.87. The molecule has 4 N–H and O–H groups in total. The van der Waals surface area contributed by atoms with E-state index in [4.69, 9.17) is 0 Å². The maximum absolute atomic E-state index is 11.8. The molecule has 1 aromatic rings. The lowest BCUT2D eigenvalue weighted by atomic mass is 9.82. The van der Waals surface area contributed by atoms with E-state index in [0.29, 0.717) is 12.8 Å². The van der Waals surface area contributed by atoms with Crippen LogP contribution in [0.2, 0.25) is 0 Å². The van der Waals surface area contributed by atoms with Crippen molar-refractivity contribution in [3.05, 3.63) is 18.0 Å². The van der Waals surface area contributed by atoms with Gasteiger partial charge in [0.25, 0.3) is 0 Å². The first-order chi connectivity index (χ1) is 9.45. The minimum absolute atomic E-state index is 0.110. The molecule has 0 fully saturated rings. The number of hydrogen-bond donors (Lipinski definition) is 4. The summed E-state index contributed by atoms with van der Waals surface area (Å²) in [5, 5.41) is 21.1. The number of nitrogens with one attached hydrogen (secondary N) is 3. The van der Waals surface area contributed by atoms with Gasteiger partial charge in [0.1, 0.15) is 0 Å². The molecule has 20 heavy (non-hydrogen) atoms. The van der Waals surface area contributed by atoms with Crippen LogP contribution in [0.15, 0.2) is 12.4 Å². The van der Waals surface area contributed by atoms with Gasteiger partial charge in [-0.2, -0.15) is 5.10 Å². The second kappa shape index (κ2) is 6.93. The number of urea groups is 1. The number of amides is 2. The van der Waals surface area contributed by atoms with Crippen LogP contribution in [-0.4, -0.2) is 33.8 Å². The minimum Gasteiger partial charge on any atom is -0.481 e. The number of rotatable bonds is 7. The minimum atomic E-state index is -0.907. The molecule has 1 heterocycles. The van der Waals surface area contributed by atoms with E-state index in [2.05, 4.69) is 20.8 Å². The molecule has 112 valence electrons. The highest BCUT2D eigenvalue weighted by molar-refractivity contribution is 5.78. The molecule has 7 heteroatoms. The number of nitrogens with zero attached hydrogens (tertiary/aromatic N) is 1. The summed E-state index contributed by atoms with van der Waals surface area (Å²) in [6, 6.07) is -0.581. The zero-order valence-corrected chi connectivity index (χ0v) is 12.1. The lowest BCUT2D eigenvalue weighted by Gasteiger charge is -2.27. The summed E-state index contributed by atoms with van der Waals surface area (Å²) in [6.07, 6.45) is 4.27. The summed E-state index contributed by atoms with van der Waals surface area (Å²) in [7, 11) is 0. The summed E-state index contributed by atoms with van der Waals surface area (Å²) < 4.78 is 0. The zero-order valence-electron chi connectivity index (χ0n) is 12.1. The Morgan fingerprint density at radius 1 is 1.45 bits per heavy atom. The van der Waals surface area contributed by atoms with Gasteiger partial charge >= 0.3 is 12.0 Å². The number of carboxylic acids is 1. The average molecular weight is 282 g/mol. The fourth-order valence-corrected chi connectivity index (χ4v) is 1.96. The van der Waals surface area contributed by atoms with Gasteiger partial charge in [-0.1, -0.05) is 13.8 Å². The maximum atomic E-state index is 11.8. The van der Waals surface area contributed by atoms with Crippen LogP contribution in [0.4, 0.5) is 4.79 Å². The molecule has 0 aromatic carbocycles. The molecule has 0 bridgehead atoms. The molecule has 1 unspecified atom stereocenters. The number of hydrogen-bond acceptors (Lipinski definition) is 3. The molecule has 0 spiro atoms. The van der Waals surface area contributed by atoms with Gasteiger partial charge in [0.2, 0.25) is 0 Å². The molecule has 7 nitrogen and oxygen atoms in total. The van der Waals surface area contributed by atoms with Gasteiger partial charge in [-0.3, -0.25) is 9.89 Å². The zero-order chi connectivity index (χ0) is 15.2. The first kappa shape index (κ1) is 16.0. The molecule has 0 saturated heterocycles. The van der Waals surface area contributed by atoms with E-state index in [-0.39, 0.29) is 18.6 Å². The first-order valence-corrected chi connectivity index (χ1v) is 6.71. The van der Waals surface area contributed by atoms with Crippen molar-refractivity contribution in [1.82, 2.24) is 20.8 Å². The maximum Gasteiger partial charge on any atom is 0.315 e. The SMILES string of the molecule is CCC(CC)(CNC(=O)NC(C)c1cn[nH]c1)C(=O)O. The normalized spacial score (nSPS) is 12.8. The molecular formula is C13H22N4O3. The Morgan fingerprint density at radius 2 is 2.10 bits per heavy atom. The van der Waals surface area contributed by atoms with Crippen LogP contribution >= 0.6 is 0 Å². The van der Waals surface area contributed by atoms with E-state index in [1.807, 2.05) is 20.8 Å². The van der Waals surface area contributed by atoms with Crippen molar-refractivity contribution >= 4 is 12.0 Å². The highest BCUT2D eigenvalue weighted by atomic mass is 16.4. The summed E-state index contributed by atoms with van der Waals surface area (Å²) in [4.78, 5) is 23.1. The molecule has 1 atom stereocenters. The predicted molar refractivity (Wildman–Crippen MR) is 74.2 cm³/mol. The van der Waals surface area contributed by atoms with E-state index in [9.17, 15) is 14.7 Å². The quantitative estimate of drug-likeness (QED) is 0.610. The van der Waals surface area contributed by atoms with Crippen LogP contribution in [0.3, 0.4) is 0 Å². The Kier molecular flexibility index (Phi) is 5.54. The average Bonchev–Trinajstić information content (AvgIpc) is 2.94. The lowest BCUT2D eigenvalue weighted by molar-refractivity contribution is -0.149. The number of carbonyl (C=O) groups excluding carboxylic acids is 1. The third kappa shape index (κ3) is 3.72. The van der Waals surface area contributed by atoms with Crippen molar-refractivity contribution in [2.75, 3.05) is 6.54 Å². The summed E-state index contributed by atoms with van der Waals surface area (Å²) in [5.41, 5.74) is -0.0495. The topological polar surface area (TPSA) is 107 Å². The predicted octanol–water partition coefficient (Wildman–Crippen LogP) is 1.66. The molecule has 0 aliphatic rings.